The second-order valence-corrected chi connectivity index (χ2v) is 3.20. The average molecular weight is 268 g/mol. The molecule has 3 nitrogen and oxygen atoms in total. The van der Waals surface area contributed by atoms with E-state index in [4.69, 9.17) is 5.11 Å². The minimum atomic E-state index is -2.75. The molecule has 6 heteroatoms. The molecule has 1 heterocycles. The van der Waals surface area contributed by atoms with Crippen LogP contribution >= 0.6 is 15.9 Å². The Labute approximate surface area is 86.9 Å². The van der Waals surface area contributed by atoms with E-state index in [1.54, 1.807) is 0 Å². The third-order valence-electron chi connectivity index (χ3n) is 1.75. The highest BCUT2D eigenvalue weighted by Gasteiger charge is 2.16. The second kappa shape index (κ2) is 4.65. The van der Waals surface area contributed by atoms with Crippen LogP contribution in [0.3, 0.4) is 0 Å². The molecule has 1 rings (SSSR count). The third kappa shape index (κ3) is 2.19. The Kier molecular flexibility index (Phi) is 3.77. The molecule has 1 aromatic rings. The monoisotopic (exact) mass is 267 g/mol. The highest BCUT2D eigenvalue weighted by molar-refractivity contribution is 9.08. The van der Waals surface area contributed by atoms with E-state index in [0.717, 1.165) is 6.07 Å². The molecule has 0 fully saturated rings. The van der Waals surface area contributed by atoms with Crippen LogP contribution in [0.5, 0.6) is 0 Å². The molecule has 0 aromatic carbocycles. The van der Waals surface area contributed by atoms with E-state index >= 15 is 0 Å². The van der Waals surface area contributed by atoms with Crippen LogP contribution in [0, 0.1) is 0 Å². The summed E-state index contributed by atoms with van der Waals surface area (Å²) in [5.41, 5.74) is -0.842. The lowest BCUT2D eigenvalue weighted by molar-refractivity contribution is 0.144. The summed E-state index contributed by atoms with van der Waals surface area (Å²) in [5, 5.41) is 8.77. The number of hydrogen-bond acceptors (Lipinski definition) is 2. The van der Waals surface area contributed by atoms with Gasteiger partial charge in [0.1, 0.15) is 0 Å². The van der Waals surface area contributed by atoms with Gasteiger partial charge in [0.15, 0.2) is 5.43 Å². The van der Waals surface area contributed by atoms with Crippen molar-refractivity contribution in [2.24, 2.45) is 0 Å². The minimum absolute atomic E-state index is 0.00259. The van der Waals surface area contributed by atoms with E-state index in [1.165, 1.54) is 0 Å². The van der Waals surface area contributed by atoms with Crippen molar-refractivity contribution in [3.8, 4) is 0 Å². The van der Waals surface area contributed by atoms with Gasteiger partial charge in [-0.05, 0) is 0 Å². The van der Waals surface area contributed by atoms with E-state index < -0.39 is 24.2 Å². The summed E-state index contributed by atoms with van der Waals surface area (Å²) < 4.78 is 24.9. The van der Waals surface area contributed by atoms with Crippen LogP contribution in [-0.4, -0.2) is 10.1 Å². The lowest BCUT2D eigenvalue weighted by Gasteiger charge is -2.07. The number of rotatable bonds is 3. The molecule has 78 valence electrons. The van der Waals surface area contributed by atoms with Crippen LogP contribution in [0.2, 0.25) is 0 Å². The average Bonchev–Trinajstić information content (AvgIpc) is 2.16. The summed E-state index contributed by atoms with van der Waals surface area (Å²) in [7, 11) is 0. The Morgan fingerprint density at radius 3 is 2.64 bits per heavy atom. The number of halogens is 3. The van der Waals surface area contributed by atoms with Crippen molar-refractivity contribution in [3.05, 3.63) is 33.2 Å². The van der Waals surface area contributed by atoms with Crippen LogP contribution in [0.25, 0.3) is 0 Å². The van der Waals surface area contributed by atoms with Crippen molar-refractivity contribution in [2.45, 2.75) is 18.4 Å². The number of nitrogens with one attached hydrogen (secondary N) is 1. The van der Waals surface area contributed by atoms with Gasteiger partial charge in [-0.3, -0.25) is 4.79 Å². The summed E-state index contributed by atoms with van der Waals surface area (Å²) in [6.45, 7) is -0.461. The molecule has 0 atom stereocenters. The third-order valence-corrected chi connectivity index (χ3v) is 2.31. The lowest BCUT2D eigenvalue weighted by Crippen LogP contribution is -2.14. The largest absolute Gasteiger partial charge is 0.390 e. The molecular formula is C8H8BrF2NO2. The van der Waals surface area contributed by atoms with E-state index in [-0.39, 0.29) is 16.6 Å². The maximum absolute atomic E-state index is 12.4. The van der Waals surface area contributed by atoms with E-state index in [2.05, 4.69) is 20.9 Å². The maximum atomic E-state index is 12.4. The molecule has 1 aromatic heterocycles. The van der Waals surface area contributed by atoms with Crippen molar-refractivity contribution >= 4 is 15.9 Å². The van der Waals surface area contributed by atoms with Gasteiger partial charge in [-0.1, -0.05) is 15.9 Å². The van der Waals surface area contributed by atoms with Gasteiger partial charge in [0.05, 0.1) is 12.3 Å². The highest BCUT2D eigenvalue weighted by atomic mass is 79.9. The maximum Gasteiger partial charge on any atom is 0.278 e. The van der Waals surface area contributed by atoms with Gasteiger partial charge in [0, 0.05) is 22.7 Å². The molecule has 2 N–H and O–H groups in total. The predicted molar refractivity (Wildman–Crippen MR) is 50.6 cm³/mol. The molecule has 14 heavy (non-hydrogen) atoms. The summed E-state index contributed by atoms with van der Waals surface area (Å²) in [6.07, 6.45) is -2.75. The normalized spacial score (nSPS) is 10.9. The van der Waals surface area contributed by atoms with Crippen molar-refractivity contribution in [2.75, 3.05) is 0 Å². The zero-order valence-corrected chi connectivity index (χ0v) is 8.64. The molecule has 0 unspecified atom stereocenters. The fraction of sp³-hybridized carbons (Fsp3) is 0.375. The van der Waals surface area contributed by atoms with Crippen LogP contribution in [0.4, 0.5) is 8.78 Å². The number of alkyl halides is 3. The van der Waals surface area contributed by atoms with Gasteiger partial charge in [0.25, 0.3) is 6.43 Å². The fourth-order valence-corrected chi connectivity index (χ4v) is 1.65. The molecule has 0 aliphatic carbocycles. The lowest BCUT2D eigenvalue weighted by atomic mass is 10.2. The van der Waals surface area contributed by atoms with Crippen LogP contribution in [-0.2, 0) is 11.9 Å². The number of aromatic amines is 1. The summed E-state index contributed by atoms with van der Waals surface area (Å²) in [6, 6.07) is 1.11. The van der Waals surface area contributed by atoms with Crippen molar-refractivity contribution in [3.63, 3.8) is 0 Å². The van der Waals surface area contributed by atoms with E-state index in [9.17, 15) is 13.6 Å². The zero-order valence-electron chi connectivity index (χ0n) is 7.06. The van der Waals surface area contributed by atoms with Crippen LogP contribution in [0.1, 0.15) is 23.4 Å². The Balaban J connectivity index is 3.36. The molecule has 0 saturated heterocycles. The Morgan fingerprint density at radius 1 is 1.57 bits per heavy atom. The first kappa shape index (κ1) is 11.3. The topological polar surface area (TPSA) is 53.1 Å². The number of pyridine rings is 1. The van der Waals surface area contributed by atoms with Crippen LogP contribution < -0.4 is 5.43 Å². The van der Waals surface area contributed by atoms with Gasteiger partial charge in [-0.2, -0.15) is 0 Å². The number of aliphatic hydroxyl groups excluding tert-OH is 1. The van der Waals surface area contributed by atoms with Gasteiger partial charge < -0.3 is 10.1 Å². The summed E-state index contributed by atoms with van der Waals surface area (Å²) in [4.78, 5) is 13.6. The Hall–Kier alpha value is -0.750. The van der Waals surface area contributed by atoms with Gasteiger partial charge in [-0.15, -0.1) is 0 Å². The molecular weight excluding hydrogens is 260 g/mol. The van der Waals surface area contributed by atoms with Crippen molar-refractivity contribution in [1.82, 2.24) is 4.98 Å². The quantitative estimate of drug-likeness (QED) is 0.820. The number of H-pyrrole nitrogens is 1. The molecule has 0 saturated carbocycles. The Morgan fingerprint density at radius 2 is 2.21 bits per heavy atom. The van der Waals surface area contributed by atoms with Crippen LogP contribution in [0.15, 0.2) is 10.9 Å². The number of aromatic nitrogens is 1. The standard InChI is InChI=1S/C8H8BrF2NO2/c9-2-5-6(14)1-4(3-13)12-7(5)8(10)11/h1,8,13H,2-3H2,(H,12,14). The van der Waals surface area contributed by atoms with Crippen molar-refractivity contribution < 1.29 is 13.9 Å². The molecule has 0 aliphatic rings. The summed E-state index contributed by atoms with van der Waals surface area (Å²) in [5.74, 6) is 0. The predicted octanol–water partition coefficient (Wildman–Crippen LogP) is 1.70. The first-order valence-corrected chi connectivity index (χ1v) is 4.92. The first-order valence-electron chi connectivity index (χ1n) is 3.80. The van der Waals surface area contributed by atoms with E-state index in [1.807, 2.05) is 0 Å². The molecule has 0 bridgehead atoms. The highest BCUT2D eigenvalue weighted by Crippen LogP contribution is 2.20. The number of aliphatic hydroxyl groups is 1. The Bertz CT molecular complexity index is 378. The summed E-state index contributed by atoms with van der Waals surface area (Å²) >= 11 is 2.96. The van der Waals surface area contributed by atoms with Gasteiger partial charge in [-0.25, -0.2) is 8.78 Å². The molecule has 0 amide bonds. The van der Waals surface area contributed by atoms with Gasteiger partial charge in [0.2, 0.25) is 0 Å². The smallest absolute Gasteiger partial charge is 0.278 e. The van der Waals surface area contributed by atoms with Crippen molar-refractivity contribution in [1.29, 1.82) is 0 Å². The first-order chi connectivity index (χ1) is 6.60. The molecule has 0 radical (unpaired) electrons. The van der Waals surface area contributed by atoms with Gasteiger partial charge >= 0.3 is 0 Å². The number of hydrogen-bond donors (Lipinski definition) is 2. The molecule has 0 aliphatic heterocycles. The fourth-order valence-electron chi connectivity index (χ4n) is 1.07. The molecule has 0 spiro atoms. The van der Waals surface area contributed by atoms with E-state index in [0.29, 0.717) is 0 Å². The SMILES string of the molecule is O=c1cc(CO)[nH]c(C(F)F)c1CBr. The zero-order chi connectivity index (χ0) is 10.7. The minimum Gasteiger partial charge on any atom is -0.390 e. The second-order valence-electron chi connectivity index (χ2n) is 2.64.